The zero-order chi connectivity index (χ0) is 48.1. The summed E-state index contributed by atoms with van der Waals surface area (Å²) in [5.41, 5.74) is 0.877. The second-order valence-corrected chi connectivity index (χ2v) is 27.3. The highest BCUT2D eigenvalue weighted by Gasteiger charge is 2.65. The fourth-order valence-electron chi connectivity index (χ4n) is 19.0. The Morgan fingerprint density at radius 3 is 1.49 bits per heavy atom. The maximum atomic E-state index is 12.5. The highest BCUT2D eigenvalue weighted by atomic mass is 32.2. The first-order valence-electron chi connectivity index (χ1n) is 27.7. The number of nitrogens with one attached hydrogen (secondary N) is 1. The molecule has 8 saturated carbocycles. The van der Waals surface area contributed by atoms with Crippen LogP contribution in [0.25, 0.3) is 0 Å². The molecule has 67 heavy (non-hydrogen) atoms. The van der Waals surface area contributed by atoms with Crippen LogP contribution in [0.5, 0.6) is 0 Å². The van der Waals surface area contributed by atoms with Gasteiger partial charge in [-0.3, -0.25) is 14.1 Å². The lowest BCUT2D eigenvalue weighted by atomic mass is 9.43. The third-order valence-corrected chi connectivity index (χ3v) is 23.3. The minimum atomic E-state index is -4.09. The average molecular weight is 960 g/mol. The first-order chi connectivity index (χ1) is 31.7. The molecule has 20 atom stereocenters. The number of fused-ring (bicyclic) bond motifs is 10. The van der Waals surface area contributed by atoms with E-state index in [0.717, 1.165) is 103 Å². The minimum absolute atomic E-state index is 0.0697. The van der Waals surface area contributed by atoms with Crippen LogP contribution in [0.4, 0.5) is 0 Å². The summed E-state index contributed by atoms with van der Waals surface area (Å²) in [6.07, 6.45) is 23.3. The van der Waals surface area contributed by atoms with Crippen LogP contribution in [0.1, 0.15) is 189 Å². The van der Waals surface area contributed by atoms with Gasteiger partial charge in [0.05, 0.1) is 30.2 Å². The summed E-state index contributed by atoms with van der Waals surface area (Å²) in [6.45, 7) is 16.1. The molecule has 8 rings (SSSR count). The number of rotatable bonds is 19. The van der Waals surface area contributed by atoms with E-state index in [1.54, 1.807) is 0 Å². The van der Waals surface area contributed by atoms with Gasteiger partial charge in [-0.1, -0.05) is 41.5 Å². The maximum absolute atomic E-state index is 12.5. The van der Waals surface area contributed by atoms with Gasteiger partial charge < -0.3 is 30.1 Å². The van der Waals surface area contributed by atoms with Crippen molar-refractivity contribution in [2.45, 2.75) is 214 Å². The second kappa shape index (κ2) is 20.7. The molecule has 0 aromatic heterocycles. The molecule has 0 bridgehead atoms. The zero-order valence-electron chi connectivity index (χ0n) is 42.5. The van der Waals surface area contributed by atoms with E-state index in [1.807, 2.05) is 0 Å². The molecule has 12 heteroatoms. The quantitative estimate of drug-likeness (QED) is 0.0618. The standard InChI is InChI=1S/C55H93NO10S/c1-34(10-16-48(59)56-26-29-67(62,63)64)40-12-14-42-50-44(20-24-54(40,42)5)52(3)22-18-38(30-36(52)32-46(50)57)65-27-8-7-9-28-66-39-19-23-53(4)37(31-39)33-47(58)51-43-15-13-41(35(2)11-17-49(60)61)55(43,6)25-21-45(51)53/h34-47,50-51,57-58H,7-33H2,1-6H3,(H,56,59)(H,60,61)(H,62,63,64)/t34-,35-,36?,37?,38-,39-,40-,41-,42+,43+,44+,45+,46+,47+,50?,51?,52+,53+,54-,55-/m0/s1. The Morgan fingerprint density at radius 2 is 1.04 bits per heavy atom. The molecule has 0 aromatic carbocycles. The molecular formula is C55H93NO10S. The summed E-state index contributed by atoms with van der Waals surface area (Å²) >= 11 is 0. The number of aliphatic hydroxyl groups is 2. The van der Waals surface area contributed by atoms with Crippen molar-refractivity contribution in [3.8, 4) is 0 Å². The molecule has 0 heterocycles. The molecule has 0 aromatic rings. The van der Waals surface area contributed by atoms with Crippen LogP contribution in [0.2, 0.25) is 0 Å². The van der Waals surface area contributed by atoms with Crippen molar-refractivity contribution in [3.63, 3.8) is 0 Å². The van der Waals surface area contributed by atoms with Crippen molar-refractivity contribution < 1.29 is 47.4 Å². The van der Waals surface area contributed by atoms with E-state index in [9.17, 15) is 33.3 Å². The molecule has 5 N–H and O–H groups in total. The normalized spacial score (nSPS) is 45.6. The van der Waals surface area contributed by atoms with Crippen LogP contribution in [0.15, 0.2) is 0 Å². The number of aliphatic carboxylic acids is 1. The maximum Gasteiger partial charge on any atom is 0.303 e. The van der Waals surface area contributed by atoms with Crippen molar-refractivity contribution in [1.82, 2.24) is 5.32 Å². The molecule has 0 aliphatic heterocycles. The molecule has 8 aliphatic rings. The van der Waals surface area contributed by atoms with Gasteiger partial charge in [0.2, 0.25) is 5.91 Å². The van der Waals surface area contributed by atoms with Crippen molar-refractivity contribution in [2.24, 2.45) is 92.7 Å². The number of ether oxygens (including phenoxy) is 2. The Hall–Kier alpha value is -1.31. The van der Waals surface area contributed by atoms with E-state index in [4.69, 9.17) is 14.0 Å². The summed E-state index contributed by atoms with van der Waals surface area (Å²) in [5.74, 6) is 4.41. The molecule has 0 radical (unpaired) electrons. The summed E-state index contributed by atoms with van der Waals surface area (Å²) < 4.78 is 44.3. The number of hydrogen-bond acceptors (Lipinski definition) is 8. The molecule has 384 valence electrons. The highest BCUT2D eigenvalue weighted by molar-refractivity contribution is 7.85. The van der Waals surface area contributed by atoms with Gasteiger partial charge in [0.15, 0.2) is 0 Å². The third-order valence-electron chi connectivity index (χ3n) is 22.6. The van der Waals surface area contributed by atoms with Crippen molar-refractivity contribution in [2.75, 3.05) is 25.5 Å². The Labute approximate surface area is 405 Å². The Morgan fingerprint density at radius 1 is 0.612 bits per heavy atom. The number of carbonyl (C=O) groups excluding carboxylic acids is 1. The predicted molar refractivity (Wildman–Crippen MR) is 260 cm³/mol. The fourth-order valence-corrected chi connectivity index (χ4v) is 19.4. The van der Waals surface area contributed by atoms with Crippen molar-refractivity contribution in [3.05, 3.63) is 0 Å². The van der Waals surface area contributed by atoms with E-state index in [-0.39, 0.29) is 64.9 Å². The Balaban J connectivity index is 0.732. The van der Waals surface area contributed by atoms with Gasteiger partial charge in [0.1, 0.15) is 0 Å². The Kier molecular flexibility index (Phi) is 16.0. The number of amides is 1. The Bertz CT molecular complexity index is 1830. The van der Waals surface area contributed by atoms with E-state index in [2.05, 4.69) is 46.9 Å². The van der Waals surface area contributed by atoms with Gasteiger partial charge in [-0.05, 0) is 228 Å². The van der Waals surface area contributed by atoms with Crippen LogP contribution in [0, 0.1) is 92.7 Å². The number of aliphatic hydroxyl groups excluding tert-OH is 2. The number of carboxylic acids is 1. The summed E-state index contributed by atoms with van der Waals surface area (Å²) in [5, 5.41) is 35.8. The minimum Gasteiger partial charge on any atom is -0.481 e. The fraction of sp³-hybridized carbons (Fsp3) is 0.964. The largest absolute Gasteiger partial charge is 0.481 e. The molecule has 0 saturated heterocycles. The molecule has 1 amide bonds. The van der Waals surface area contributed by atoms with Crippen LogP contribution >= 0.6 is 0 Å². The van der Waals surface area contributed by atoms with E-state index < -0.39 is 21.8 Å². The second-order valence-electron chi connectivity index (χ2n) is 25.7. The lowest BCUT2D eigenvalue weighted by molar-refractivity contribution is -0.178. The predicted octanol–water partition coefficient (Wildman–Crippen LogP) is 10.1. The summed E-state index contributed by atoms with van der Waals surface area (Å²) in [6, 6.07) is 0. The third kappa shape index (κ3) is 10.5. The SMILES string of the molecule is C[C@@H](CCC(=O)O)[C@@H]1CC[C@@H]2C3[C@H](O)CC4C[C@@H](OCCCCCO[C@H]5CC[C@]6(C)C(C5)C[C@@H](O)C5[C@H]7CC[C@@H]([C@@H](C)CCC(=O)NCCS(=O)(=O)O)[C@]7(C)CC[C@H]56)CC[C@@]4(C)[C@@H]3CC[C@]21C. The lowest BCUT2D eigenvalue weighted by Crippen LogP contribution is -2.58. The van der Waals surface area contributed by atoms with E-state index in [1.165, 1.54) is 44.9 Å². The van der Waals surface area contributed by atoms with Crippen LogP contribution in [0.3, 0.4) is 0 Å². The summed E-state index contributed by atoms with van der Waals surface area (Å²) in [7, 11) is -4.09. The molecule has 11 nitrogen and oxygen atoms in total. The average Bonchev–Trinajstić information content (AvgIpc) is 3.81. The highest BCUT2D eigenvalue weighted by Crippen LogP contribution is 2.70. The summed E-state index contributed by atoms with van der Waals surface area (Å²) in [4.78, 5) is 23.8. The molecule has 8 aliphatic carbocycles. The van der Waals surface area contributed by atoms with Gasteiger partial charge in [-0.15, -0.1) is 0 Å². The first-order valence-corrected chi connectivity index (χ1v) is 29.3. The van der Waals surface area contributed by atoms with Gasteiger partial charge in [0, 0.05) is 32.6 Å². The smallest absolute Gasteiger partial charge is 0.303 e. The lowest BCUT2D eigenvalue weighted by Gasteiger charge is -2.62. The van der Waals surface area contributed by atoms with Crippen LogP contribution in [-0.2, 0) is 29.2 Å². The van der Waals surface area contributed by atoms with Crippen molar-refractivity contribution >= 4 is 22.0 Å². The molecule has 0 spiro atoms. The van der Waals surface area contributed by atoms with Crippen LogP contribution < -0.4 is 5.32 Å². The van der Waals surface area contributed by atoms with Gasteiger partial charge in [0.25, 0.3) is 10.1 Å². The monoisotopic (exact) mass is 960 g/mol. The van der Waals surface area contributed by atoms with Gasteiger partial charge in [-0.25, -0.2) is 0 Å². The number of hydrogen-bond donors (Lipinski definition) is 5. The van der Waals surface area contributed by atoms with Crippen LogP contribution in [-0.4, -0.2) is 90.1 Å². The van der Waals surface area contributed by atoms with Crippen molar-refractivity contribution in [1.29, 1.82) is 0 Å². The number of carboxylic acid groups (broad SMARTS) is 1. The van der Waals surface area contributed by atoms with E-state index in [0.29, 0.717) is 77.4 Å². The number of carbonyl (C=O) groups is 2. The molecule has 4 unspecified atom stereocenters. The topological polar surface area (TPSA) is 180 Å². The van der Waals surface area contributed by atoms with E-state index >= 15 is 0 Å². The number of unbranched alkanes of at least 4 members (excludes halogenated alkanes) is 2. The van der Waals surface area contributed by atoms with Gasteiger partial charge >= 0.3 is 5.97 Å². The zero-order valence-corrected chi connectivity index (χ0v) is 43.3. The molecule has 8 fully saturated rings. The molecular weight excluding hydrogens is 867 g/mol. The first kappa shape index (κ1) is 52.0. The van der Waals surface area contributed by atoms with Gasteiger partial charge in [-0.2, -0.15) is 8.42 Å².